The van der Waals surface area contributed by atoms with Crippen LogP contribution in [-0.4, -0.2) is 25.2 Å². The van der Waals surface area contributed by atoms with Crippen molar-refractivity contribution in [2.24, 2.45) is 23.2 Å². The lowest BCUT2D eigenvalue weighted by molar-refractivity contribution is -0.175. The Balaban J connectivity index is 1.78. The average molecular weight is 368 g/mol. The Kier molecular flexibility index (Phi) is 4.83. The molecule has 0 N–H and O–H groups in total. The third-order valence-electron chi connectivity index (χ3n) is 6.74. The molecule has 144 valence electrons. The zero-order chi connectivity index (χ0) is 19.0. The molecule has 0 saturated heterocycles. The van der Waals surface area contributed by atoms with Gasteiger partial charge in [-0.25, -0.2) is 0 Å². The zero-order valence-electron chi connectivity index (χ0n) is 16.2. The van der Waals surface area contributed by atoms with Crippen molar-refractivity contribution in [3.05, 3.63) is 41.5 Å². The molecule has 1 aromatic carbocycles. The van der Waals surface area contributed by atoms with E-state index in [9.17, 15) is 9.59 Å². The number of carbonyl (C=O) groups is 2. The van der Waals surface area contributed by atoms with Gasteiger partial charge in [-0.2, -0.15) is 0 Å². The Bertz CT molecular complexity index is 746. The smallest absolute Gasteiger partial charge is 0.323 e. The van der Waals surface area contributed by atoms with Gasteiger partial charge in [0.2, 0.25) is 0 Å². The van der Waals surface area contributed by atoms with Crippen LogP contribution in [0.5, 0.6) is 0 Å². The molecule has 0 spiro atoms. The van der Waals surface area contributed by atoms with Crippen molar-refractivity contribution in [2.75, 3.05) is 13.2 Å². The molecule has 4 heteroatoms. The standard InChI is InChI=1S/C23H28O4/c1-3-26-21(24)23(22(25)27-4-2)14-17-19(15-10-6-5-7-11-15)16-12-8-9-13-18(23)20(16)17/h5-7,10-11,17-18,20H,3-4,8-9,12-14H2,1-2H3/t17-,18+,20+/m0/s1. The van der Waals surface area contributed by atoms with Gasteiger partial charge in [0, 0.05) is 0 Å². The summed E-state index contributed by atoms with van der Waals surface area (Å²) in [5.74, 6) is -0.186. The first-order valence-electron chi connectivity index (χ1n) is 10.3. The van der Waals surface area contributed by atoms with Gasteiger partial charge in [0.15, 0.2) is 5.41 Å². The molecule has 0 radical (unpaired) electrons. The van der Waals surface area contributed by atoms with Crippen LogP contribution >= 0.6 is 0 Å². The third kappa shape index (κ3) is 2.64. The van der Waals surface area contributed by atoms with Crippen LogP contribution in [-0.2, 0) is 19.1 Å². The van der Waals surface area contributed by atoms with Gasteiger partial charge in [-0.1, -0.05) is 42.3 Å². The predicted molar refractivity (Wildman–Crippen MR) is 103 cm³/mol. The van der Waals surface area contributed by atoms with Crippen LogP contribution in [0, 0.1) is 23.2 Å². The fraction of sp³-hybridized carbons (Fsp3) is 0.565. The van der Waals surface area contributed by atoms with Crippen molar-refractivity contribution >= 4 is 17.5 Å². The molecule has 4 nitrogen and oxygen atoms in total. The fourth-order valence-corrected chi connectivity index (χ4v) is 5.80. The summed E-state index contributed by atoms with van der Waals surface area (Å²) in [5, 5.41) is 0. The minimum absolute atomic E-state index is 0.00515. The van der Waals surface area contributed by atoms with Crippen LogP contribution < -0.4 is 0 Å². The molecule has 27 heavy (non-hydrogen) atoms. The van der Waals surface area contributed by atoms with Crippen molar-refractivity contribution in [2.45, 2.75) is 46.0 Å². The Hall–Kier alpha value is -2.10. The Morgan fingerprint density at radius 2 is 1.70 bits per heavy atom. The fourth-order valence-electron chi connectivity index (χ4n) is 5.80. The number of hydrogen-bond acceptors (Lipinski definition) is 4. The van der Waals surface area contributed by atoms with E-state index in [-0.39, 0.29) is 37.0 Å². The highest BCUT2D eigenvalue weighted by Crippen LogP contribution is 2.67. The van der Waals surface area contributed by atoms with Crippen LogP contribution in [0.1, 0.15) is 51.5 Å². The van der Waals surface area contributed by atoms with Crippen molar-refractivity contribution < 1.29 is 19.1 Å². The summed E-state index contributed by atoms with van der Waals surface area (Å²) < 4.78 is 10.9. The monoisotopic (exact) mass is 368 g/mol. The van der Waals surface area contributed by atoms with Crippen molar-refractivity contribution in [1.82, 2.24) is 0 Å². The normalized spacial score (nSPS) is 28.0. The quantitative estimate of drug-likeness (QED) is 0.571. The second-order valence-corrected chi connectivity index (χ2v) is 7.91. The molecule has 0 amide bonds. The first-order valence-corrected chi connectivity index (χ1v) is 10.3. The lowest BCUT2D eigenvalue weighted by Crippen LogP contribution is -2.46. The van der Waals surface area contributed by atoms with Gasteiger partial charge in [-0.3, -0.25) is 9.59 Å². The van der Waals surface area contributed by atoms with Gasteiger partial charge in [0.05, 0.1) is 13.2 Å². The van der Waals surface area contributed by atoms with Crippen LogP contribution in [0.2, 0.25) is 0 Å². The van der Waals surface area contributed by atoms with E-state index in [1.807, 2.05) is 6.07 Å². The number of benzene rings is 1. The van der Waals surface area contributed by atoms with Gasteiger partial charge >= 0.3 is 11.9 Å². The highest BCUT2D eigenvalue weighted by molar-refractivity contribution is 6.02. The van der Waals surface area contributed by atoms with E-state index in [0.29, 0.717) is 12.3 Å². The van der Waals surface area contributed by atoms with Crippen molar-refractivity contribution in [3.63, 3.8) is 0 Å². The first-order chi connectivity index (χ1) is 13.1. The maximum Gasteiger partial charge on any atom is 0.323 e. The lowest BCUT2D eigenvalue weighted by Gasteiger charge is -2.40. The van der Waals surface area contributed by atoms with E-state index in [0.717, 1.165) is 25.7 Å². The third-order valence-corrected chi connectivity index (χ3v) is 6.74. The molecule has 0 aromatic heterocycles. The second-order valence-electron chi connectivity index (χ2n) is 7.91. The molecule has 0 aliphatic heterocycles. The Labute approximate surface area is 160 Å². The molecule has 0 unspecified atom stereocenters. The summed E-state index contributed by atoms with van der Waals surface area (Å²) in [7, 11) is 0. The van der Waals surface area contributed by atoms with Crippen molar-refractivity contribution in [1.29, 1.82) is 0 Å². The summed E-state index contributed by atoms with van der Waals surface area (Å²) in [6, 6.07) is 10.4. The van der Waals surface area contributed by atoms with Gasteiger partial charge in [0.1, 0.15) is 0 Å². The largest absolute Gasteiger partial charge is 0.465 e. The number of esters is 2. The zero-order valence-corrected chi connectivity index (χ0v) is 16.2. The molecular weight excluding hydrogens is 340 g/mol. The van der Waals surface area contributed by atoms with Crippen LogP contribution in [0.15, 0.2) is 35.9 Å². The maximum atomic E-state index is 13.1. The molecule has 0 bridgehead atoms. The van der Waals surface area contributed by atoms with E-state index in [2.05, 4.69) is 24.3 Å². The molecule has 3 atom stereocenters. The van der Waals surface area contributed by atoms with Gasteiger partial charge < -0.3 is 9.47 Å². The second kappa shape index (κ2) is 7.14. The number of ether oxygens (including phenoxy) is 2. The summed E-state index contributed by atoms with van der Waals surface area (Å²) in [6.07, 6.45) is 4.65. The number of rotatable bonds is 5. The number of hydrogen-bond donors (Lipinski definition) is 0. The molecule has 3 aliphatic carbocycles. The molecule has 2 saturated carbocycles. The highest BCUT2D eigenvalue weighted by Gasteiger charge is 2.68. The lowest BCUT2D eigenvalue weighted by atomic mass is 9.64. The van der Waals surface area contributed by atoms with E-state index in [1.54, 1.807) is 13.8 Å². The van der Waals surface area contributed by atoms with Crippen LogP contribution in [0.25, 0.3) is 5.57 Å². The first kappa shape index (κ1) is 18.3. The molecule has 2 fully saturated rings. The van der Waals surface area contributed by atoms with Crippen molar-refractivity contribution in [3.8, 4) is 0 Å². The average Bonchev–Trinajstić information content (AvgIpc) is 2.81. The Morgan fingerprint density at radius 3 is 2.33 bits per heavy atom. The van der Waals surface area contributed by atoms with Crippen LogP contribution in [0.3, 0.4) is 0 Å². The minimum atomic E-state index is -1.15. The molecule has 4 rings (SSSR count). The van der Waals surface area contributed by atoms with E-state index in [4.69, 9.17) is 9.47 Å². The summed E-state index contributed by atoms with van der Waals surface area (Å²) >= 11 is 0. The van der Waals surface area contributed by atoms with Gasteiger partial charge in [-0.15, -0.1) is 0 Å². The summed E-state index contributed by atoms with van der Waals surface area (Å²) in [4.78, 5) is 26.2. The Morgan fingerprint density at radius 1 is 1.04 bits per heavy atom. The van der Waals surface area contributed by atoms with Gasteiger partial charge in [-0.05, 0) is 68.4 Å². The SMILES string of the molecule is CCOC(=O)C1(C(=O)OCC)C[C@H]2C(c3ccccc3)=C3CCCC[C@@H]1[C@H]32. The minimum Gasteiger partial charge on any atom is -0.465 e. The number of carbonyl (C=O) groups excluding carboxylic acids is 2. The molecule has 1 aromatic rings. The number of allylic oxidation sites excluding steroid dienone is 2. The van der Waals surface area contributed by atoms with E-state index in [1.165, 1.54) is 16.7 Å². The predicted octanol–water partition coefficient (Wildman–Crippen LogP) is 4.39. The topological polar surface area (TPSA) is 52.6 Å². The molecule has 0 heterocycles. The maximum absolute atomic E-state index is 13.1. The van der Waals surface area contributed by atoms with Gasteiger partial charge in [0.25, 0.3) is 0 Å². The van der Waals surface area contributed by atoms with E-state index < -0.39 is 5.41 Å². The summed E-state index contributed by atoms with van der Waals surface area (Å²) in [5.41, 5.74) is 2.91. The molecular formula is C23H28O4. The highest BCUT2D eigenvalue weighted by atomic mass is 16.6. The summed E-state index contributed by atoms with van der Waals surface area (Å²) in [6.45, 7) is 4.17. The molecule has 3 aliphatic rings. The van der Waals surface area contributed by atoms with E-state index >= 15 is 0 Å². The van der Waals surface area contributed by atoms with Crippen LogP contribution in [0.4, 0.5) is 0 Å².